The lowest BCUT2D eigenvalue weighted by Crippen LogP contribution is -2.13. The van der Waals surface area contributed by atoms with E-state index in [1.165, 1.54) is 12.1 Å². The molecule has 0 saturated heterocycles. The van der Waals surface area contributed by atoms with Crippen molar-refractivity contribution < 1.29 is 19.1 Å². The van der Waals surface area contributed by atoms with Crippen molar-refractivity contribution in [3.05, 3.63) is 52.3 Å². The number of rotatable bonds is 4. The Balaban J connectivity index is 2.28. The Bertz CT molecular complexity index is 692. The maximum atomic E-state index is 14.0. The van der Waals surface area contributed by atoms with E-state index in [2.05, 4.69) is 21.1 Å². The first-order valence-electron chi connectivity index (χ1n) is 5.84. The number of amidine groups is 1. The molecule has 0 unspecified atom stereocenters. The van der Waals surface area contributed by atoms with Crippen LogP contribution in [0.3, 0.4) is 0 Å². The van der Waals surface area contributed by atoms with Crippen LogP contribution in [-0.4, -0.2) is 18.2 Å². The summed E-state index contributed by atoms with van der Waals surface area (Å²) in [5, 5.41) is 11.4. The molecule has 0 amide bonds. The number of hydrogen-bond donors (Lipinski definition) is 2. The standard InChI is InChI=1S/C14H12BrFN2O3/c1-20-9-3-5-12(10(15)7-9)21-13-4-2-8(6-11(13)16)14(17)18-19/h2-7,19H,1H3,(H2,17,18). The van der Waals surface area contributed by atoms with E-state index in [0.717, 1.165) is 6.07 Å². The summed E-state index contributed by atoms with van der Waals surface area (Å²) in [6, 6.07) is 9.08. The molecular formula is C14H12BrFN2O3. The topological polar surface area (TPSA) is 77.1 Å². The second-order valence-corrected chi connectivity index (χ2v) is 4.88. The largest absolute Gasteiger partial charge is 0.497 e. The summed E-state index contributed by atoms with van der Waals surface area (Å²) in [5.74, 6) is 0.312. The van der Waals surface area contributed by atoms with Crippen molar-refractivity contribution in [2.75, 3.05) is 7.11 Å². The third kappa shape index (κ3) is 3.43. The van der Waals surface area contributed by atoms with Gasteiger partial charge in [-0.25, -0.2) is 4.39 Å². The van der Waals surface area contributed by atoms with Crippen LogP contribution in [0.1, 0.15) is 5.56 Å². The van der Waals surface area contributed by atoms with Crippen LogP contribution in [0.25, 0.3) is 0 Å². The minimum absolute atomic E-state index is 0.0235. The molecule has 5 nitrogen and oxygen atoms in total. The highest BCUT2D eigenvalue weighted by molar-refractivity contribution is 9.10. The average Bonchev–Trinajstić information content (AvgIpc) is 2.50. The second-order valence-electron chi connectivity index (χ2n) is 4.03. The first-order valence-corrected chi connectivity index (χ1v) is 6.63. The molecule has 0 radical (unpaired) electrons. The molecule has 0 bridgehead atoms. The molecule has 0 fully saturated rings. The lowest BCUT2D eigenvalue weighted by atomic mass is 10.2. The van der Waals surface area contributed by atoms with Gasteiger partial charge in [-0.15, -0.1) is 0 Å². The highest BCUT2D eigenvalue weighted by atomic mass is 79.9. The van der Waals surface area contributed by atoms with Crippen molar-refractivity contribution in [3.8, 4) is 17.2 Å². The van der Waals surface area contributed by atoms with E-state index in [1.54, 1.807) is 25.3 Å². The van der Waals surface area contributed by atoms with Gasteiger partial charge in [0.2, 0.25) is 0 Å². The first kappa shape index (κ1) is 15.1. The molecule has 0 aliphatic heterocycles. The molecule has 0 aliphatic rings. The van der Waals surface area contributed by atoms with Gasteiger partial charge in [0.15, 0.2) is 17.4 Å². The van der Waals surface area contributed by atoms with Crippen molar-refractivity contribution in [1.82, 2.24) is 0 Å². The molecule has 0 heterocycles. The van der Waals surface area contributed by atoms with Crippen LogP contribution in [-0.2, 0) is 0 Å². The van der Waals surface area contributed by atoms with E-state index >= 15 is 0 Å². The van der Waals surface area contributed by atoms with Gasteiger partial charge >= 0.3 is 0 Å². The van der Waals surface area contributed by atoms with Crippen LogP contribution in [0.15, 0.2) is 46.0 Å². The summed E-state index contributed by atoms with van der Waals surface area (Å²) < 4.78 is 25.1. The van der Waals surface area contributed by atoms with Crippen molar-refractivity contribution in [3.63, 3.8) is 0 Å². The summed E-state index contributed by atoms with van der Waals surface area (Å²) in [7, 11) is 1.55. The van der Waals surface area contributed by atoms with Crippen LogP contribution in [0.4, 0.5) is 4.39 Å². The number of methoxy groups -OCH3 is 1. The molecule has 110 valence electrons. The van der Waals surface area contributed by atoms with Gasteiger partial charge in [-0.2, -0.15) is 0 Å². The van der Waals surface area contributed by atoms with Gasteiger partial charge in [-0.05, 0) is 52.3 Å². The number of hydrogen-bond acceptors (Lipinski definition) is 4. The monoisotopic (exact) mass is 354 g/mol. The van der Waals surface area contributed by atoms with Crippen molar-refractivity contribution in [2.24, 2.45) is 10.9 Å². The molecule has 3 N–H and O–H groups in total. The summed E-state index contributed by atoms with van der Waals surface area (Å²) >= 11 is 3.32. The van der Waals surface area contributed by atoms with Gasteiger partial charge in [0.25, 0.3) is 0 Å². The fourth-order valence-corrected chi connectivity index (χ4v) is 2.05. The van der Waals surface area contributed by atoms with Crippen LogP contribution in [0.2, 0.25) is 0 Å². The minimum atomic E-state index is -0.623. The molecular weight excluding hydrogens is 343 g/mol. The van der Waals surface area contributed by atoms with Gasteiger partial charge in [0, 0.05) is 5.56 Å². The molecule has 0 aromatic heterocycles. The lowest BCUT2D eigenvalue weighted by Gasteiger charge is -2.10. The van der Waals surface area contributed by atoms with E-state index in [9.17, 15) is 4.39 Å². The molecule has 2 aromatic rings. The average molecular weight is 355 g/mol. The zero-order valence-electron chi connectivity index (χ0n) is 11.0. The van der Waals surface area contributed by atoms with Gasteiger partial charge < -0.3 is 20.4 Å². The van der Waals surface area contributed by atoms with Crippen LogP contribution >= 0.6 is 15.9 Å². The van der Waals surface area contributed by atoms with Gasteiger partial charge in [-0.1, -0.05) is 5.16 Å². The predicted octanol–water partition coefficient (Wildman–Crippen LogP) is 3.48. The number of nitrogens with two attached hydrogens (primary N) is 1. The Morgan fingerprint density at radius 2 is 1.95 bits per heavy atom. The molecule has 7 heteroatoms. The Kier molecular flexibility index (Phi) is 4.64. The fourth-order valence-electron chi connectivity index (χ4n) is 1.61. The number of ether oxygens (including phenoxy) is 2. The highest BCUT2D eigenvalue weighted by Gasteiger charge is 2.10. The number of halogens is 2. The van der Waals surface area contributed by atoms with E-state index < -0.39 is 5.82 Å². The maximum Gasteiger partial charge on any atom is 0.170 e. The molecule has 0 saturated carbocycles. The van der Waals surface area contributed by atoms with E-state index in [4.69, 9.17) is 20.4 Å². The highest BCUT2D eigenvalue weighted by Crippen LogP contribution is 2.33. The Morgan fingerprint density at radius 1 is 1.24 bits per heavy atom. The minimum Gasteiger partial charge on any atom is -0.497 e. The van der Waals surface area contributed by atoms with E-state index in [-0.39, 0.29) is 17.1 Å². The molecule has 0 atom stereocenters. The van der Waals surface area contributed by atoms with Crippen LogP contribution < -0.4 is 15.2 Å². The quantitative estimate of drug-likeness (QED) is 0.381. The van der Waals surface area contributed by atoms with E-state index in [1.807, 2.05) is 0 Å². The number of oxime groups is 1. The van der Waals surface area contributed by atoms with Crippen LogP contribution in [0, 0.1) is 5.82 Å². The first-order chi connectivity index (χ1) is 10.0. The van der Waals surface area contributed by atoms with Gasteiger partial charge in [0.05, 0.1) is 11.6 Å². The van der Waals surface area contributed by atoms with Crippen molar-refractivity contribution in [1.29, 1.82) is 0 Å². The molecule has 2 aromatic carbocycles. The zero-order valence-corrected chi connectivity index (χ0v) is 12.6. The van der Waals surface area contributed by atoms with Crippen molar-refractivity contribution in [2.45, 2.75) is 0 Å². The van der Waals surface area contributed by atoms with Gasteiger partial charge in [-0.3, -0.25) is 0 Å². The molecule has 21 heavy (non-hydrogen) atoms. The van der Waals surface area contributed by atoms with Crippen molar-refractivity contribution >= 4 is 21.8 Å². The Hall–Kier alpha value is -2.28. The summed E-state index contributed by atoms with van der Waals surface area (Å²) in [6.45, 7) is 0. The Labute approximate surface area is 128 Å². The van der Waals surface area contributed by atoms with Crippen LogP contribution in [0.5, 0.6) is 17.2 Å². The third-order valence-electron chi connectivity index (χ3n) is 2.69. The lowest BCUT2D eigenvalue weighted by molar-refractivity contribution is 0.318. The maximum absolute atomic E-state index is 14.0. The smallest absolute Gasteiger partial charge is 0.170 e. The molecule has 0 aliphatic carbocycles. The predicted molar refractivity (Wildman–Crippen MR) is 79.7 cm³/mol. The summed E-state index contributed by atoms with van der Waals surface area (Å²) in [6.07, 6.45) is 0. The van der Waals surface area contributed by atoms with E-state index in [0.29, 0.717) is 16.0 Å². The third-order valence-corrected chi connectivity index (χ3v) is 3.31. The van der Waals surface area contributed by atoms with Gasteiger partial charge in [0.1, 0.15) is 11.5 Å². The molecule has 0 spiro atoms. The SMILES string of the molecule is COc1ccc(Oc2ccc(/C(N)=N/O)cc2F)c(Br)c1. The summed E-state index contributed by atoms with van der Waals surface area (Å²) in [4.78, 5) is 0. The zero-order chi connectivity index (χ0) is 15.4. The summed E-state index contributed by atoms with van der Waals surface area (Å²) in [5.41, 5.74) is 5.65. The number of nitrogens with zero attached hydrogens (tertiary/aromatic N) is 1. The number of benzene rings is 2. The molecule has 2 rings (SSSR count). The fraction of sp³-hybridized carbons (Fsp3) is 0.0714. The normalized spacial score (nSPS) is 11.3. The second kappa shape index (κ2) is 6.45. The Morgan fingerprint density at radius 3 is 2.52 bits per heavy atom.